The molecule has 3 nitrogen and oxygen atoms in total. The molecule has 2 heterocycles. The van der Waals surface area contributed by atoms with Crippen molar-refractivity contribution in [3.05, 3.63) is 16.6 Å². The molecule has 72 valence electrons. The summed E-state index contributed by atoms with van der Waals surface area (Å²) < 4.78 is 0. The van der Waals surface area contributed by atoms with Crippen LogP contribution in [0.25, 0.3) is 0 Å². The number of aromatic nitrogens is 1. The molecule has 4 heteroatoms. The molecular formula is C9H15N3S. The first-order chi connectivity index (χ1) is 6.45. The lowest BCUT2D eigenvalue weighted by molar-refractivity contribution is 0.322. The minimum Gasteiger partial charge on any atom is -0.316 e. The average molecular weight is 197 g/mol. The molecule has 0 amide bonds. The summed E-state index contributed by atoms with van der Waals surface area (Å²) in [6.07, 6.45) is 3.23. The minimum absolute atomic E-state index is 0.911. The van der Waals surface area contributed by atoms with Crippen LogP contribution >= 0.6 is 11.3 Å². The zero-order valence-electron chi connectivity index (χ0n) is 7.62. The first-order valence-corrected chi connectivity index (χ1v) is 5.62. The van der Waals surface area contributed by atoms with Gasteiger partial charge in [-0.1, -0.05) is 0 Å². The summed E-state index contributed by atoms with van der Waals surface area (Å²) >= 11 is 1.72. The Labute approximate surface area is 82.6 Å². The van der Waals surface area contributed by atoms with E-state index >= 15 is 0 Å². The third-order valence-electron chi connectivity index (χ3n) is 2.38. The molecular weight excluding hydrogens is 182 g/mol. The summed E-state index contributed by atoms with van der Waals surface area (Å²) in [5.41, 5.74) is 1.88. The van der Waals surface area contributed by atoms with Crippen LogP contribution in [-0.4, -0.2) is 24.6 Å². The largest absolute Gasteiger partial charge is 0.316 e. The summed E-state index contributed by atoms with van der Waals surface area (Å²) in [4.78, 5) is 5.36. The van der Waals surface area contributed by atoms with Crippen LogP contribution < -0.4 is 10.6 Å². The van der Waals surface area contributed by atoms with E-state index in [-0.39, 0.29) is 0 Å². The molecule has 1 saturated heterocycles. The lowest BCUT2D eigenvalue weighted by Crippen LogP contribution is -2.43. The van der Waals surface area contributed by atoms with Crippen molar-refractivity contribution in [1.82, 2.24) is 15.6 Å². The Balaban J connectivity index is 1.53. The second-order valence-electron chi connectivity index (χ2n) is 3.46. The van der Waals surface area contributed by atoms with Crippen molar-refractivity contribution in [3.8, 4) is 0 Å². The van der Waals surface area contributed by atoms with Crippen molar-refractivity contribution in [2.45, 2.75) is 13.0 Å². The highest BCUT2D eigenvalue weighted by Gasteiger charge is 2.15. The molecule has 1 aliphatic heterocycles. The lowest BCUT2D eigenvalue weighted by Gasteiger charge is -2.26. The van der Waals surface area contributed by atoms with Crippen LogP contribution in [-0.2, 0) is 6.54 Å². The van der Waals surface area contributed by atoms with E-state index in [4.69, 9.17) is 0 Å². The maximum Gasteiger partial charge on any atom is 0.0794 e. The van der Waals surface area contributed by atoms with E-state index in [1.165, 1.54) is 24.4 Å². The van der Waals surface area contributed by atoms with Gasteiger partial charge in [0.15, 0.2) is 0 Å². The second kappa shape index (κ2) is 4.69. The van der Waals surface area contributed by atoms with E-state index in [1.54, 1.807) is 11.3 Å². The third-order valence-corrected chi connectivity index (χ3v) is 3.16. The van der Waals surface area contributed by atoms with Gasteiger partial charge in [-0.25, -0.2) is 0 Å². The Morgan fingerprint density at radius 3 is 3.15 bits per heavy atom. The van der Waals surface area contributed by atoms with Gasteiger partial charge in [0.1, 0.15) is 0 Å². The van der Waals surface area contributed by atoms with Crippen molar-refractivity contribution in [1.29, 1.82) is 0 Å². The molecule has 0 bridgehead atoms. The molecule has 13 heavy (non-hydrogen) atoms. The number of nitrogens with one attached hydrogen (secondary N) is 2. The number of hydrogen-bond acceptors (Lipinski definition) is 4. The van der Waals surface area contributed by atoms with Gasteiger partial charge in [0.05, 0.1) is 5.51 Å². The lowest BCUT2D eigenvalue weighted by atomic mass is 10.00. The van der Waals surface area contributed by atoms with Crippen LogP contribution in [0.15, 0.2) is 11.7 Å². The summed E-state index contributed by atoms with van der Waals surface area (Å²) in [6.45, 7) is 4.53. The number of thiazole rings is 1. The molecule has 0 saturated carbocycles. The molecule has 1 fully saturated rings. The molecule has 1 aliphatic rings. The van der Waals surface area contributed by atoms with Gasteiger partial charge in [-0.05, 0) is 32.0 Å². The van der Waals surface area contributed by atoms with E-state index in [9.17, 15) is 0 Å². The Morgan fingerprint density at radius 2 is 2.54 bits per heavy atom. The summed E-state index contributed by atoms with van der Waals surface area (Å²) in [6, 6.07) is 0. The maximum atomic E-state index is 4.03. The molecule has 0 spiro atoms. The van der Waals surface area contributed by atoms with Gasteiger partial charge in [-0.3, -0.25) is 4.98 Å². The van der Waals surface area contributed by atoms with E-state index in [1.807, 2.05) is 11.7 Å². The maximum absolute atomic E-state index is 4.03. The zero-order chi connectivity index (χ0) is 8.93. The highest BCUT2D eigenvalue weighted by atomic mass is 32.1. The summed E-state index contributed by atoms with van der Waals surface area (Å²) in [5.74, 6) is 0.911. The predicted octanol–water partition coefficient (Wildman–Crippen LogP) is 0.842. The van der Waals surface area contributed by atoms with E-state index < -0.39 is 0 Å². The van der Waals surface area contributed by atoms with Crippen LogP contribution in [0.2, 0.25) is 0 Å². The van der Waals surface area contributed by atoms with Crippen molar-refractivity contribution in [2.75, 3.05) is 19.6 Å². The van der Waals surface area contributed by atoms with Crippen molar-refractivity contribution < 1.29 is 0 Å². The molecule has 1 aromatic heterocycles. The van der Waals surface area contributed by atoms with Crippen molar-refractivity contribution in [3.63, 3.8) is 0 Å². The molecule has 2 N–H and O–H groups in total. The topological polar surface area (TPSA) is 37.0 Å². The molecule has 0 aromatic carbocycles. The molecule has 0 radical (unpaired) electrons. The molecule has 1 aromatic rings. The number of nitrogens with zero attached hydrogens (tertiary/aromatic N) is 1. The predicted molar refractivity (Wildman–Crippen MR) is 54.8 cm³/mol. The van der Waals surface area contributed by atoms with Gasteiger partial charge < -0.3 is 10.6 Å². The van der Waals surface area contributed by atoms with Crippen LogP contribution in [0.3, 0.4) is 0 Å². The fourth-order valence-corrected chi connectivity index (χ4v) is 1.96. The molecule has 0 atom stereocenters. The highest BCUT2D eigenvalue weighted by molar-refractivity contribution is 7.09. The second-order valence-corrected chi connectivity index (χ2v) is 4.43. The Kier molecular flexibility index (Phi) is 3.29. The SMILES string of the molecule is c1ncc(CNCCC2CNC2)s1. The summed E-state index contributed by atoms with van der Waals surface area (Å²) in [5, 5.41) is 6.71. The summed E-state index contributed by atoms with van der Waals surface area (Å²) in [7, 11) is 0. The van der Waals surface area contributed by atoms with Gasteiger partial charge in [0, 0.05) is 17.6 Å². The van der Waals surface area contributed by atoms with E-state index in [0.717, 1.165) is 19.0 Å². The quantitative estimate of drug-likeness (QED) is 0.687. The molecule has 0 aliphatic carbocycles. The number of rotatable bonds is 5. The van der Waals surface area contributed by atoms with Crippen LogP contribution in [0, 0.1) is 5.92 Å². The fraction of sp³-hybridized carbons (Fsp3) is 0.667. The van der Waals surface area contributed by atoms with E-state index in [0.29, 0.717) is 0 Å². The van der Waals surface area contributed by atoms with Gasteiger partial charge in [0.25, 0.3) is 0 Å². The standard InChI is InChI=1S/C9H15N3S/c1(8-3-11-4-8)2-10-5-9-6-12-7-13-9/h6-8,10-11H,1-5H2. The molecule has 0 unspecified atom stereocenters. The third kappa shape index (κ3) is 2.76. The number of hydrogen-bond donors (Lipinski definition) is 2. The molecule has 2 rings (SSSR count). The zero-order valence-corrected chi connectivity index (χ0v) is 8.44. The van der Waals surface area contributed by atoms with Crippen molar-refractivity contribution >= 4 is 11.3 Å². The average Bonchev–Trinajstić information content (AvgIpc) is 2.53. The van der Waals surface area contributed by atoms with Crippen LogP contribution in [0.1, 0.15) is 11.3 Å². The highest BCUT2D eigenvalue weighted by Crippen LogP contribution is 2.07. The Morgan fingerprint density at radius 1 is 1.62 bits per heavy atom. The fourth-order valence-electron chi connectivity index (χ4n) is 1.40. The minimum atomic E-state index is 0.911. The Bertz CT molecular complexity index is 231. The van der Waals surface area contributed by atoms with Gasteiger partial charge in [-0.15, -0.1) is 11.3 Å². The van der Waals surface area contributed by atoms with Crippen LogP contribution in [0.5, 0.6) is 0 Å². The monoisotopic (exact) mass is 197 g/mol. The van der Waals surface area contributed by atoms with Gasteiger partial charge >= 0.3 is 0 Å². The van der Waals surface area contributed by atoms with Gasteiger partial charge in [0.2, 0.25) is 0 Å². The first kappa shape index (κ1) is 9.12. The van der Waals surface area contributed by atoms with Crippen molar-refractivity contribution in [2.24, 2.45) is 5.92 Å². The van der Waals surface area contributed by atoms with Gasteiger partial charge in [-0.2, -0.15) is 0 Å². The smallest absolute Gasteiger partial charge is 0.0794 e. The first-order valence-electron chi connectivity index (χ1n) is 4.74. The van der Waals surface area contributed by atoms with E-state index in [2.05, 4.69) is 15.6 Å². The normalized spacial score (nSPS) is 17.2. The Hall–Kier alpha value is -0.450. The van der Waals surface area contributed by atoms with Crippen LogP contribution in [0.4, 0.5) is 0 Å².